The maximum Gasteiger partial charge on any atom is 0.227 e. The molecule has 1 atom stereocenters. The van der Waals surface area contributed by atoms with E-state index >= 15 is 0 Å². The lowest BCUT2D eigenvalue weighted by Crippen LogP contribution is -2.25. The normalized spacial score (nSPS) is 15.9. The number of methoxy groups -OCH3 is 1. The lowest BCUT2D eigenvalue weighted by atomic mass is 10.1. The Morgan fingerprint density at radius 3 is 2.52 bits per heavy atom. The molecule has 168 valence electrons. The number of carbonyl (C=O) groups excluding carboxylic acids is 1. The molecular weight excluding hydrogens is 414 g/mol. The quantitative estimate of drug-likeness (QED) is 0.407. The molecule has 0 bridgehead atoms. The minimum absolute atomic E-state index is 0.0239. The van der Waals surface area contributed by atoms with Crippen LogP contribution < -0.4 is 14.4 Å². The highest BCUT2D eigenvalue weighted by molar-refractivity contribution is 5.97. The molecule has 1 fully saturated rings. The fourth-order valence-electron chi connectivity index (χ4n) is 4.61. The third kappa shape index (κ3) is 4.04. The van der Waals surface area contributed by atoms with Crippen molar-refractivity contribution in [1.29, 1.82) is 0 Å². The predicted octanol–water partition coefficient (Wildman–Crippen LogP) is 4.95. The van der Waals surface area contributed by atoms with E-state index in [1.54, 1.807) is 7.11 Å². The van der Waals surface area contributed by atoms with Gasteiger partial charge >= 0.3 is 0 Å². The lowest BCUT2D eigenvalue weighted by molar-refractivity contribution is -0.117. The third-order valence-corrected chi connectivity index (χ3v) is 6.22. The van der Waals surface area contributed by atoms with Crippen molar-refractivity contribution in [1.82, 2.24) is 9.55 Å². The molecular formula is C27H27N3O3. The first-order chi connectivity index (χ1) is 16.2. The summed E-state index contributed by atoms with van der Waals surface area (Å²) in [5.41, 5.74) is 4.07. The number of rotatable bonds is 7. The molecule has 33 heavy (non-hydrogen) atoms. The number of fused-ring (bicyclic) bond motifs is 1. The number of nitrogens with zero attached hydrogens (tertiary/aromatic N) is 3. The second-order valence-corrected chi connectivity index (χ2v) is 8.30. The lowest BCUT2D eigenvalue weighted by Gasteiger charge is -2.19. The molecule has 1 amide bonds. The van der Waals surface area contributed by atoms with E-state index in [0.717, 1.165) is 28.1 Å². The van der Waals surface area contributed by atoms with Crippen molar-refractivity contribution >= 4 is 22.6 Å². The average Bonchev–Trinajstić information content (AvgIpc) is 3.40. The van der Waals surface area contributed by atoms with Gasteiger partial charge in [-0.1, -0.05) is 42.5 Å². The van der Waals surface area contributed by atoms with Crippen molar-refractivity contribution in [2.24, 2.45) is 0 Å². The minimum Gasteiger partial charge on any atom is -0.493 e. The van der Waals surface area contributed by atoms with Gasteiger partial charge in [-0.25, -0.2) is 4.98 Å². The molecule has 3 aromatic carbocycles. The van der Waals surface area contributed by atoms with Crippen LogP contribution in [0.25, 0.3) is 11.0 Å². The van der Waals surface area contributed by atoms with Gasteiger partial charge in [-0.3, -0.25) is 4.79 Å². The van der Waals surface area contributed by atoms with Crippen molar-refractivity contribution in [2.45, 2.75) is 25.8 Å². The molecule has 2 heterocycles. The van der Waals surface area contributed by atoms with E-state index in [1.807, 2.05) is 78.6 Å². The fraction of sp³-hybridized carbons (Fsp3) is 0.259. The van der Waals surface area contributed by atoms with Gasteiger partial charge in [0.2, 0.25) is 5.91 Å². The summed E-state index contributed by atoms with van der Waals surface area (Å²) in [6.07, 6.45) is 0.449. The topological polar surface area (TPSA) is 56.6 Å². The van der Waals surface area contributed by atoms with Crippen LogP contribution in [-0.4, -0.2) is 35.7 Å². The van der Waals surface area contributed by atoms with Crippen LogP contribution in [0.4, 0.5) is 5.69 Å². The van der Waals surface area contributed by atoms with E-state index in [2.05, 4.69) is 10.6 Å². The molecule has 4 aromatic rings. The molecule has 0 unspecified atom stereocenters. The largest absolute Gasteiger partial charge is 0.493 e. The molecule has 1 aliphatic heterocycles. The number of aryl methyl sites for hydroxylation is 1. The number of hydrogen-bond donors (Lipinski definition) is 0. The number of ether oxygens (including phenoxy) is 2. The van der Waals surface area contributed by atoms with Gasteiger partial charge in [0.25, 0.3) is 0 Å². The summed E-state index contributed by atoms with van der Waals surface area (Å²) < 4.78 is 13.6. The minimum atomic E-state index is 0.0239. The first-order valence-electron chi connectivity index (χ1n) is 11.2. The van der Waals surface area contributed by atoms with Crippen LogP contribution in [0.2, 0.25) is 0 Å². The Labute approximate surface area is 193 Å². The summed E-state index contributed by atoms with van der Waals surface area (Å²) in [7, 11) is 1.64. The van der Waals surface area contributed by atoms with Gasteiger partial charge < -0.3 is 18.9 Å². The highest BCUT2D eigenvalue weighted by Crippen LogP contribution is 2.34. The molecule has 6 nitrogen and oxygen atoms in total. The number of benzene rings is 3. The summed E-state index contributed by atoms with van der Waals surface area (Å²) in [6.45, 7) is 3.76. The average molecular weight is 442 g/mol. The number of hydrogen-bond acceptors (Lipinski definition) is 4. The van der Waals surface area contributed by atoms with E-state index < -0.39 is 0 Å². The van der Waals surface area contributed by atoms with Crippen LogP contribution in [0.15, 0.2) is 72.8 Å². The van der Waals surface area contributed by atoms with E-state index in [0.29, 0.717) is 37.6 Å². The number of para-hydroxylation sites is 5. The van der Waals surface area contributed by atoms with Gasteiger partial charge in [0.1, 0.15) is 12.4 Å². The maximum absolute atomic E-state index is 13.0. The van der Waals surface area contributed by atoms with Crippen molar-refractivity contribution < 1.29 is 14.3 Å². The Morgan fingerprint density at radius 2 is 1.70 bits per heavy atom. The number of anilines is 1. The monoisotopic (exact) mass is 441 g/mol. The zero-order chi connectivity index (χ0) is 22.8. The van der Waals surface area contributed by atoms with E-state index in [4.69, 9.17) is 14.5 Å². The molecule has 0 spiro atoms. The van der Waals surface area contributed by atoms with Gasteiger partial charge in [0, 0.05) is 24.6 Å². The summed E-state index contributed by atoms with van der Waals surface area (Å²) in [4.78, 5) is 19.8. The maximum atomic E-state index is 13.0. The molecule has 1 aliphatic rings. The molecule has 6 heteroatoms. The number of carbonyl (C=O) groups is 1. The Morgan fingerprint density at radius 1 is 0.970 bits per heavy atom. The Balaban J connectivity index is 1.41. The highest BCUT2D eigenvalue weighted by Gasteiger charge is 2.35. The second kappa shape index (κ2) is 8.98. The highest BCUT2D eigenvalue weighted by atomic mass is 16.5. The molecule has 1 aromatic heterocycles. The van der Waals surface area contributed by atoms with Gasteiger partial charge in [-0.15, -0.1) is 0 Å². The zero-order valence-electron chi connectivity index (χ0n) is 18.9. The van der Waals surface area contributed by atoms with Crippen LogP contribution in [0.1, 0.15) is 23.7 Å². The van der Waals surface area contributed by atoms with E-state index in [-0.39, 0.29) is 11.8 Å². The Bertz CT molecular complexity index is 1300. The van der Waals surface area contributed by atoms with Crippen LogP contribution >= 0.6 is 0 Å². The van der Waals surface area contributed by atoms with E-state index in [1.165, 1.54) is 0 Å². The first-order valence-corrected chi connectivity index (χ1v) is 11.2. The second-order valence-electron chi connectivity index (χ2n) is 8.30. The molecule has 0 aliphatic carbocycles. The fourth-order valence-corrected chi connectivity index (χ4v) is 4.61. The standard InChI is InChI=1S/C27H27N3O3/c1-19-9-3-5-11-22(19)30-18-20(17-26(30)31)27-28-21-10-4-6-12-23(21)29(27)15-16-33-25-14-8-7-13-24(25)32-2/h3-14,20H,15-18H2,1-2H3/t20-/m0/s1. The summed E-state index contributed by atoms with van der Waals surface area (Å²) in [6, 6.07) is 23.8. The molecule has 1 saturated heterocycles. The first kappa shape index (κ1) is 21.1. The molecule has 5 rings (SSSR count). The SMILES string of the molecule is COc1ccccc1OCCn1c([C@H]2CC(=O)N(c3ccccc3C)C2)nc2ccccc21. The van der Waals surface area contributed by atoms with Gasteiger partial charge in [-0.05, 0) is 42.8 Å². The van der Waals surface area contributed by atoms with Gasteiger partial charge in [0.15, 0.2) is 11.5 Å². The molecule has 0 radical (unpaired) electrons. The van der Waals surface area contributed by atoms with Crippen molar-refractivity contribution in [3.8, 4) is 11.5 Å². The summed E-state index contributed by atoms with van der Waals surface area (Å²) in [5, 5.41) is 0. The Kier molecular flexibility index (Phi) is 5.73. The van der Waals surface area contributed by atoms with Crippen LogP contribution in [0.3, 0.4) is 0 Å². The number of imidazole rings is 1. The van der Waals surface area contributed by atoms with Crippen LogP contribution in [0, 0.1) is 6.92 Å². The van der Waals surface area contributed by atoms with Crippen LogP contribution in [0.5, 0.6) is 11.5 Å². The molecule has 0 N–H and O–H groups in total. The van der Waals surface area contributed by atoms with Crippen molar-refractivity contribution in [3.63, 3.8) is 0 Å². The third-order valence-electron chi connectivity index (χ3n) is 6.22. The predicted molar refractivity (Wildman–Crippen MR) is 129 cm³/mol. The zero-order valence-corrected chi connectivity index (χ0v) is 18.9. The van der Waals surface area contributed by atoms with Gasteiger partial charge in [-0.2, -0.15) is 0 Å². The molecule has 0 saturated carbocycles. The summed E-state index contributed by atoms with van der Waals surface area (Å²) in [5.74, 6) is 2.52. The number of amides is 1. The van der Waals surface area contributed by atoms with Crippen LogP contribution in [-0.2, 0) is 11.3 Å². The van der Waals surface area contributed by atoms with Crippen molar-refractivity contribution in [3.05, 3.63) is 84.2 Å². The van der Waals surface area contributed by atoms with E-state index in [9.17, 15) is 4.79 Å². The van der Waals surface area contributed by atoms with Gasteiger partial charge in [0.05, 0.1) is 24.7 Å². The Hall–Kier alpha value is -3.80. The smallest absolute Gasteiger partial charge is 0.227 e. The number of aromatic nitrogens is 2. The summed E-state index contributed by atoms with van der Waals surface area (Å²) >= 11 is 0. The van der Waals surface area contributed by atoms with Crippen molar-refractivity contribution in [2.75, 3.05) is 25.2 Å².